The molecule has 0 unspecified atom stereocenters. The van der Waals surface area contributed by atoms with E-state index in [9.17, 15) is 13.2 Å². The zero-order valence-corrected chi connectivity index (χ0v) is 16.5. The van der Waals surface area contributed by atoms with E-state index < -0.39 is 10.0 Å². The van der Waals surface area contributed by atoms with E-state index in [0.29, 0.717) is 29.2 Å². The van der Waals surface area contributed by atoms with E-state index in [0.717, 1.165) is 18.4 Å². The van der Waals surface area contributed by atoms with Crippen molar-refractivity contribution in [1.29, 1.82) is 0 Å². The number of aryl methyl sites for hydroxylation is 1. The smallest absolute Gasteiger partial charge is 0.255 e. The van der Waals surface area contributed by atoms with Crippen molar-refractivity contribution in [3.63, 3.8) is 0 Å². The predicted octanol–water partition coefficient (Wildman–Crippen LogP) is 3.44. The van der Waals surface area contributed by atoms with Gasteiger partial charge < -0.3 is 10.1 Å². The van der Waals surface area contributed by atoms with Gasteiger partial charge in [-0.15, -0.1) is 0 Å². The fourth-order valence-electron chi connectivity index (χ4n) is 3.12. The highest BCUT2D eigenvalue weighted by Gasteiger charge is 2.24. The molecule has 0 spiro atoms. The van der Waals surface area contributed by atoms with Crippen LogP contribution in [0.5, 0.6) is 5.75 Å². The van der Waals surface area contributed by atoms with Crippen LogP contribution < -0.4 is 14.4 Å². The highest BCUT2D eigenvalue weighted by molar-refractivity contribution is 7.92. The first-order chi connectivity index (χ1) is 12.7. The molecule has 0 saturated carbocycles. The molecule has 7 heteroatoms. The normalized spacial score (nSPS) is 14.0. The van der Waals surface area contributed by atoms with E-state index in [-0.39, 0.29) is 12.0 Å². The van der Waals surface area contributed by atoms with Crippen LogP contribution in [0.4, 0.5) is 11.4 Å². The summed E-state index contributed by atoms with van der Waals surface area (Å²) in [6.07, 6.45) is 2.88. The van der Waals surface area contributed by atoms with Crippen LogP contribution in [0.3, 0.4) is 0 Å². The van der Waals surface area contributed by atoms with E-state index in [1.807, 2.05) is 19.9 Å². The Balaban J connectivity index is 1.79. The Hall–Kier alpha value is -2.54. The minimum absolute atomic E-state index is 0.0676. The summed E-state index contributed by atoms with van der Waals surface area (Å²) in [5, 5.41) is 2.84. The van der Waals surface area contributed by atoms with Gasteiger partial charge in [-0.1, -0.05) is 6.07 Å². The van der Waals surface area contributed by atoms with E-state index in [1.54, 1.807) is 36.4 Å². The van der Waals surface area contributed by atoms with Gasteiger partial charge in [0.2, 0.25) is 10.0 Å². The van der Waals surface area contributed by atoms with Gasteiger partial charge in [-0.2, -0.15) is 0 Å². The number of carbonyl (C=O) groups is 1. The summed E-state index contributed by atoms with van der Waals surface area (Å²) >= 11 is 0. The molecule has 3 rings (SSSR count). The molecule has 0 aromatic heterocycles. The Labute approximate surface area is 160 Å². The van der Waals surface area contributed by atoms with Crippen LogP contribution in [0, 0.1) is 0 Å². The molecular weight excluding hydrogens is 364 g/mol. The summed E-state index contributed by atoms with van der Waals surface area (Å²) in [5.41, 5.74) is 2.68. The van der Waals surface area contributed by atoms with E-state index in [2.05, 4.69) is 5.32 Å². The second-order valence-corrected chi connectivity index (χ2v) is 8.83. The van der Waals surface area contributed by atoms with Gasteiger partial charge in [0, 0.05) is 17.8 Å². The van der Waals surface area contributed by atoms with Crippen LogP contribution in [-0.4, -0.2) is 33.2 Å². The molecule has 0 atom stereocenters. The molecule has 2 aromatic rings. The Kier molecular flexibility index (Phi) is 5.41. The number of benzene rings is 2. The van der Waals surface area contributed by atoms with Gasteiger partial charge in [0.15, 0.2) is 0 Å². The van der Waals surface area contributed by atoms with Crippen molar-refractivity contribution in [3.8, 4) is 5.75 Å². The van der Waals surface area contributed by atoms with Crippen LogP contribution in [0.15, 0.2) is 42.5 Å². The molecule has 0 radical (unpaired) electrons. The third-order valence-electron chi connectivity index (χ3n) is 4.31. The maximum atomic E-state index is 12.5. The predicted molar refractivity (Wildman–Crippen MR) is 107 cm³/mol. The number of nitrogens with zero attached hydrogens (tertiary/aromatic N) is 1. The summed E-state index contributed by atoms with van der Waals surface area (Å²) in [6.45, 7) is 4.34. The van der Waals surface area contributed by atoms with Crippen molar-refractivity contribution in [2.45, 2.75) is 32.8 Å². The molecule has 0 bridgehead atoms. The van der Waals surface area contributed by atoms with Gasteiger partial charge >= 0.3 is 0 Å². The Morgan fingerprint density at radius 3 is 2.48 bits per heavy atom. The molecule has 1 heterocycles. The monoisotopic (exact) mass is 388 g/mol. The molecule has 6 nitrogen and oxygen atoms in total. The van der Waals surface area contributed by atoms with Crippen molar-refractivity contribution < 1.29 is 17.9 Å². The fourth-order valence-corrected chi connectivity index (χ4v) is 4.11. The molecule has 1 amide bonds. The SMILES string of the molecule is CC(C)Oc1ccc(C(=O)Nc2ccc3c(c2)N(S(C)(=O)=O)CCC3)cc1. The van der Waals surface area contributed by atoms with Crippen molar-refractivity contribution in [2.24, 2.45) is 0 Å². The first kappa shape index (κ1) is 19.2. The average molecular weight is 388 g/mol. The number of hydrogen-bond acceptors (Lipinski definition) is 4. The number of hydrogen-bond donors (Lipinski definition) is 1. The molecule has 144 valence electrons. The van der Waals surface area contributed by atoms with Crippen molar-refractivity contribution in [1.82, 2.24) is 0 Å². The molecule has 0 fully saturated rings. The summed E-state index contributed by atoms with van der Waals surface area (Å²) < 4.78 is 31.1. The topological polar surface area (TPSA) is 75.7 Å². The van der Waals surface area contributed by atoms with Crippen molar-refractivity contribution in [2.75, 3.05) is 22.4 Å². The lowest BCUT2D eigenvalue weighted by atomic mass is 10.0. The van der Waals surface area contributed by atoms with Crippen LogP contribution >= 0.6 is 0 Å². The first-order valence-electron chi connectivity index (χ1n) is 8.93. The van der Waals surface area contributed by atoms with Crippen molar-refractivity contribution in [3.05, 3.63) is 53.6 Å². The molecule has 0 saturated heterocycles. The van der Waals surface area contributed by atoms with Crippen LogP contribution in [-0.2, 0) is 16.4 Å². The lowest BCUT2D eigenvalue weighted by molar-refractivity contribution is 0.102. The molecule has 0 aliphatic carbocycles. The zero-order valence-electron chi connectivity index (χ0n) is 15.7. The molecule has 1 aliphatic heterocycles. The molecular formula is C20H24N2O4S. The van der Waals surface area contributed by atoms with Gasteiger partial charge in [0.1, 0.15) is 5.75 Å². The van der Waals surface area contributed by atoms with Crippen LogP contribution in [0.2, 0.25) is 0 Å². The van der Waals surface area contributed by atoms with Gasteiger partial charge in [0.25, 0.3) is 5.91 Å². The number of fused-ring (bicyclic) bond motifs is 1. The molecule has 1 N–H and O–H groups in total. The van der Waals surface area contributed by atoms with Crippen LogP contribution in [0.1, 0.15) is 36.2 Å². The highest BCUT2D eigenvalue weighted by Crippen LogP contribution is 2.31. The third-order valence-corrected chi connectivity index (χ3v) is 5.49. The number of amides is 1. The summed E-state index contributed by atoms with van der Waals surface area (Å²) in [7, 11) is -3.34. The molecule has 27 heavy (non-hydrogen) atoms. The third kappa shape index (κ3) is 4.60. The van der Waals surface area contributed by atoms with Gasteiger partial charge in [-0.05, 0) is 68.7 Å². The second-order valence-electron chi connectivity index (χ2n) is 6.93. The quantitative estimate of drug-likeness (QED) is 0.851. The lowest BCUT2D eigenvalue weighted by Crippen LogP contribution is -2.34. The maximum absolute atomic E-state index is 12.5. The standard InChI is InChI=1S/C20H24N2O4S/c1-14(2)26-18-10-7-16(8-11-18)20(23)21-17-9-6-15-5-4-12-22(19(15)13-17)27(3,24)25/h6-11,13-14H,4-5,12H2,1-3H3,(H,21,23). The van der Waals surface area contributed by atoms with Crippen LogP contribution in [0.25, 0.3) is 0 Å². The summed E-state index contributed by atoms with van der Waals surface area (Å²) in [4.78, 5) is 12.5. The summed E-state index contributed by atoms with van der Waals surface area (Å²) in [5.74, 6) is 0.451. The number of nitrogens with one attached hydrogen (secondary N) is 1. The number of sulfonamides is 1. The van der Waals surface area contributed by atoms with E-state index >= 15 is 0 Å². The van der Waals surface area contributed by atoms with E-state index in [4.69, 9.17) is 4.74 Å². The van der Waals surface area contributed by atoms with Gasteiger partial charge in [-0.25, -0.2) is 8.42 Å². The zero-order chi connectivity index (χ0) is 19.6. The number of carbonyl (C=O) groups excluding carboxylic acids is 1. The molecule has 1 aliphatic rings. The number of anilines is 2. The fraction of sp³-hybridized carbons (Fsp3) is 0.350. The number of ether oxygens (including phenoxy) is 1. The maximum Gasteiger partial charge on any atom is 0.255 e. The Bertz CT molecular complexity index is 937. The van der Waals surface area contributed by atoms with E-state index in [1.165, 1.54) is 10.6 Å². The number of rotatable bonds is 5. The first-order valence-corrected chi connectivity index (χ1v) is 10.8. The lowest BCUT2D eigenvalue weighted by Gasteiger charge is -2.29. The Morgan fingerprint density at radius 2 is 1.85 bits per heavy atom. The Morgan fingerprint density at radius 1 is 1.15 bits per heavy atom. The summed E-state index contributed by atoms with van der Waals surface area (Å²) in [6, 6.07) is 12.3. The second kappa shape index (κ2) is 7.60. The van der Waals surface area contributed by atoms with Crippen molar-refractivity contribution >= 4 is 27.3 Å². The van der Waals surface area contributed by atoms with Gasteiger partial charge in [-0.3, -0.25) is 9.10 Å². The minimum atomic E-state index is -3.34. The average Bonchev–Trinajstić information content (AvgIpc) is 2.60. The van der Waals surface area contributed by atoms with Gasteiger partial charge in [0.05, 0.1) is 18.0 Å². The highest BCUT2D eigenvalue weighted by atomic mass is 32.2. The minimum Gasteiger partial charge on any atom is -0.491 e. The largest absolute Gasteiger partial charge is 0.491 e. The molecule has 2 aromatic carbocycles.